The minimum Gasteiger partial charge on any atom is -0.330 e. The van der Waals surface area contributed by atoms with Gasteiger partial charge in [-0.1, -0.05) is 17.4 Å². The smallest absolute Gasteiger partial charge is 0.276 e. The fourth-order valence-electron chi connectivity index (χ4n) is 2.64. The van der Waals surface area contributed by atoms with Crippen molar-refractivity contribution in [3.05, 3.63) is 24.0 Å². The number of aromatic nitrogens is 3. The van der Waals surface area contributed by atoms with Crippen LogP contribution in [0.4, 0.5) is 0 Å². The number of rotatable bonds is 3. The Bertz CT molecular complexity index is 467. The summed E-state index contributed by atoms with van der Waals surface area (Å²) in [6.07, 6.45) is 8.19. The zero-order chi connectivity index (χ0) is 13.1. The first-order valence-electron chi connectivity index (χ1n) is 6.88. The molecule has 1 N–H and O–H groups in total. The van der Waals surface area contributed by atoms with Crippen LogP contribution in [-0.4, -0.2) is 52.0 Å². The van der Waals surface area contributed by atoms with Crippen molar-refractivity contribution in [3.8, 4) is 0 Å². The third kappa shape index (κ3) is 2.84. The number of carbonyl (C=O) groups excluding carboxylic acids is 1. The molecule has 0 aromatic carbocycles. The van der Waals surface area contributed by atoms with Crippen molar-refractivity contribution in [3.63, 3.8) is 0 Å². The molecular formula is C13H19N5O. The Morgan fingerprint density at radius 3 is 3.00 bits per heavy atom. The SMILES string of the molecule is O=C(c1cn(C[C@H]2CCCNC2)nn1)N1CC=CC1. The van der Waals surface area contributed by atoms with E-state index in [2.05, 4.69) is 15.6 Å². The molecule has 0 bridgehead atoms. The summed E-state index contributed by atoms with van der Waals surface area (Å²) in [6.45, 7) is 4.33. The van der Waals surface area contributed by atoms with Gasteiger partial charge in [0.25, 0.3) is 5.91 Å². The van der Waals surface area contributed by atoms with Crippen molar-refractivity contribution in [2.45, 2.75) is 19.4 Å². The molecule has 1 aromatic rings. The monoisotopic (exact) mass is 261 g/mol. The Hall–Kier alpha value is -1.69. The van der Waals surface area contributed by atoms with Gasteiger partial charge in [-0.25, -0.2) is 0 Å². The minimum absolute atomic E-state index is 0.0296. The third-order valence-corrected chi connectivity index (χ3v) is 3.71. The molecule has 3 heterocycles. The van der Waals surface area contributed by atoms with Crippen LogP contribution in [0.5, 0.6) is 0 Å². The van der Waals surface area contributed by atoms with Gasteiger partial charge in [-0.3, -0.25) is 9.48 Å². The molecule has 6 nitrogen and oxygen atoms in total. The highest BCUT2D eigenvalue weighted by atomic mass is 16.2. The number of nitrogens with zero attached hydrogens (tertiary/aromatic N) is 4. The van der Waals surface area contributed by atoms with Crippen molar-refractivity contribution in [2.24, 2.45) is 5.92 Å². The normalized spacial score (nSPS) is 22.9. The summed E-state index contributed by atoms with van der Waals surface area (Å²) in [5.74, 6) is 0.560. The first-order chi connectivity index (χ1) is 9.33. The molecule has 19 heavy (non-hydrogen) atoms. The highest BCUT2D eigenvalue weighted by Gasteiger charge is 2.20. The molecule has 102 valence electrons. The van der Waals surface area contributed by atoms with Crippen LogP contribution in [0.15, 0.2) is 18.3 Å². The Morgan fingerprint density at radius 2 is 2.26 bits per heavy atom. The van der Waals surface area contributed by atoms with E-state index < -0.39 is 0 Å². The molecule has 3 rings (SSSR count). The summed E-state index contributed by atoms with van der Waals surface area (Å²) < 4.78 is 1.80. The van der Waals surface area contributed by atoms with Gasteiger partial charge in [0.2, 0.25) is 0 Å². The summed E-state index contributed by atoms with van der Waals surface area (Å²) in [6, 6.07) is 0. The standard InChI is InChI=1S/C13H19N5O/c19-13(17-6-1-2-7-17)12-10-18(16-15-12)9-11-4-3-5-14-8-11/h1-2,10-11,14H,3-9H2/t11-/m0/s1. The first kappa shape index (κ1) is 12.3. The quantitative estimate of drug-likeness (QED) is 0.794. The highest BCUT2D eigenvalue weighted by Crippen LogP contribution is 2.12. The molecule has 1 fully saturated rings. The van der Waals surface area contributed by atoms with Crippen LogP contribution in [0.25, 0.3) is 0 Å². The van der Waals surface area contributed by atoms with E-state index in [0.717, 1.165) is 19.6 Å². The van der Waals surface area contributed by atoms with Crippen LogP contribution in [0.1, 0.15) is 23.3 Å². The first-order valence-corrected chi connectivity index (χ1v) is 6.88. The van der Waals surface area contributed by atoms with Crippen LogP contribution in [0, 0.1) is 5.92 Å². The van der Waals surface area contributed by atoms with Gasteiger partial charge in [0, 0.05) is 19.6 Å². The predicted molar refractivity (Wildman–Crippen MR) is 70.7 cm³/mol. The molecule has 1 amide bonds. The van der Waals surface area contributed by atoms with E-state index in [4.69, 9.17) is 0 Å². The van der Waals surface area contributed by atoms with Crippen molar-refractivity contribution < 1.29 is 4.79 Å². The fourth-order valence-corrected chi connectivity index (χ4v) is 2.64. The van der Waals surface area contributed by atoms with E-state index in [-0.39, 0.29) is 5.91 Å². The van der Waals surface area contributed by atoms with Gasteiger partial charge in [-0.2, -0.15) is 0 Å². The van der Waals surface area contributed by atoms with E-state index in [1.807, 2.05) is 12.2 Å². The number of piperidine rings is 1. The number of carbonyl (C=O) groups is 1. The van der Waals surface area contributed by atoms with Crippen molar-refractivity contribution in [1.82, 2.24) is 25.2 Å². The third-order valence-electron chi connectivity index (χ3n) is 3.71. The van der Waals surface area contributed by atoms with Crippen LogP contribution in [0.2, 0.25) is 0 Å². The maximum Gasteiger partial charge on any atom is 0.276 e. The van der Waals surface area contributed by atoms with Crippen molar-refractivity contribution >= 4 is 5.91 Å². The molecule has 0 spiro atoms. The zero-order valence-corrected chi connectivity index (χ0v) is 11.0. The number of hydrogen-bond donors (Lipinski definition) is 1. The largest absolute Gasteiger partial charge is 0.330 e. The van der Waals surface area contributed by atoms with Crippen LogP contribution < -0.4 is 5.32 Å². The van der Waals surface area contributed by atoms with Crippen molar-refractivity contribution in [2.75, 3.05) is 26.2 Å². The average Bonchev–Trinajstić information content (AvgIpc) is 3.10. The zero-order valence-electron chi connectivity index (χ0n) is 11.0. The molecule has 2 aliphatic rings. The number of amides is 1. The van der Waals surface area contributed by atoms with Gasteiger partial charge >= 0.3 is 0 Å². The summed E-state index contributed by atoms with van der Waals surface area (Å²) in [7, 11) is 0. The Balaban J connectivity index is 1.60. The van der Waals surface area contributed by atoms with E-state index in [1.165, 1.54) is 12.8 Å². The van der Waals surface area contributed by atoms with Gasteiger partial charge in [-0.05, 0) is 31.8 Å². The minimum atomic E-state index is -0.0296. The predicted octanol–water partition coefficient (Wildman–Crippen LogP) is 0.290. The Kier molecular flexibility index (Phi) is 3.59. The molecule has 2 aliphatic heterocycles. The van der Waals surface area contributed by atoms with Gasteiger partial charge in [0.15, 0.2) is 5.69 Å². The number of nitrogens with one attached hydrogen (secondary N) is 1. The van der Waals surface area contributed by atoms with Gasteiger partial charge in [0.1, 0.15) is 0 Å². The molecule has 1 saturated heterocycles. The molecule has 0 aliphatic carbocycles. The van der Waals surface area contributed by atoms with Crippen molar-refractivity contribution in [1.29, 1.82) is 0 Å². The second-order valence-corrected chi connectivity index (χ2v) is 5.22. The van der Waals surface area contributed by atoms with E-state index in [0.29, 0.717) is 24.7 Å². The lowest BCUT2D eigenvalue weighted by Crippen LogP contribution is -2.32. The molecule has 1 atom stereocenters. The Morgan fingerprint density at radius 1 is 1.42 bits per heavy atom. The van der Waals surface area contributed by atoms with Crippen LogP contribution in [0.3, 0.4) is 0 Å². The molecule has 1 aromatic heterocycles. The lowest BCUT2D eigenvalue weighted by atomic mass is 10.00. The summed E-state index contributed by atoms with van der Waals surface area (Å²) in [5, 5.41) is 11.5. The van der Waals surface area contributed by atoms with E-state index in [9.17, 15) is 4.79 Å². The summed E-state index contributed by atoms with van der Waals surface area (Å²) in [5.41, 5.74) is 0.451. The second-order valence-electron chi connectivity index (χ2n) is 5.22. The summed E-state index contributed by atoms with van der Waals surface area (Å²) >= 11 is 0. The fraction of sp³-hybridized carbons (Fsp3) is 0.615. The highest BCUT2D eigenvalue weighted by molar-refractivity contribution is 5.92. The second kappa shape index (κ2) is 5.52. The van der Waals surface area contributed by atoms with Gasteiger partial charge in [-0.15, -0.1) is 5.10 Å². The topological polar surface area (TPSA) is 63.1 Å². The Labute approximate surface area is 112 Å². The molecule has 0 saturated carbocycles. The number of hydrogen-bond acceptors (Lipinski definition) is 4. The lowest BCUT2D eigenvalue weighted by molar-refractivity contribution is 0.0794. The maximum absolute atomic E-state index is 12.1. The average molecular weight is 261 g/mol. The molecule has 6 heteroatoms. The van der Waals surface area contributed by atoms with Crippen LogP contribution >= 0.6 is 0 Å². The maximum atomic E-state index is 12.1. The van der Waals surface area contributed by atoms with Crippen LogP contribution in [-0.2, 0) is 6.54 Å². The lowest BCUT2D eigenvalue weighted by Gasteiger charge is -2.22. The molecule has 0 unspecified atom stereocenters. The van der Waals surface area contributed by atoms with Gasteiger partial charge < -0.3 is 10.2 Å². The van der Waals surface area contributed by atoms with E-state index in [1.54, 1.807) is 15.8 Å². The molecular weight excluding hydrogens is 242 g/mol. The van der Waals surface area contributed by atoms with Gasteiger partial charge in [0.05, 0.1) is 6.20 Å². The van der Waals surface area contributed by atoms with E-state index >= 15 is 0 Å². The molecule has 0 radical (unpaired) electrons. The summed E-state index contributed by atoms with van der Waals surface area (Å²) in [4.78, 5) is 13.9.